The first kappa shape index (κ1) is 18.5. The van der Waals surface area contributed by atoms with Crippen LogP contribution in [0.4, 0.5) is 11.4 Å². The minimum atomic E-state index is -0.434. The predicted molar refractivity (Wildman–Crippen MR) is 111 cm³/mol. The van der Waals surface area contributed by atoms with Crippen molar-refractivity contribution in [3.05, 3.63) is 59.7 Å². The molecule has 2 amide bonds. The van der Waals surface area contributed by atoms with Gasteiger partial charge in [-0.15, -0.1) is 0 Å². The number of benzene rings is 2. The zero-order valence-corrected chi connectivity index (χ0v) is 16.3. The normalized spacial score (nSPS) is 17.0. The van der Waals surface area contributed by atoms with Crippen molar-refractivity contribution < 1.29 is 9.59 Å². The lowest BCUT2D eigenvalue weighted by molar-refractivity contribution is -0.122. The first-order valence-corrected chi connectivity index (χ1v) is 10.2. The van der Waals surface area contributed by atoms with Crippen molar-refractivity contribution in [3.63, 3.8) is 0 Å². The molecule has 2 N–H and O–H groups in total. The summed E-state index contributed by atoms with van der Waals surface area (Å²) < 4.78 is 0. The van der Waals surface area contributed by atoms with Crippen LogP contribution in [0.1, 0.15) is 49.8 Å². The molecule has 5 nitrogen and oxygen atoms in total. The average Bonchev–Trinajstić information content (AvgIpc) is 3.53. The average molecular weight is 377 g/mol. The highest BCUT2D eigenvalue weighted by molar-refractivity contribution is 5.96. The highest BCUT2D eigenvalue weighted by atomic mass is 16.2. The van der Waals surface area contributed by atoms with Crippen molar-refractivity contribution in [3.8, 4) is 0 Å². The van der Waals surface area contributed by atoms with Crippen LogP contribution in [0.15, 0.2) is 48.5 Å². The van der Waals surface area contributed by atoms with Gasteiger partial charge in [-0.2, -0.15) is 0 Å². The Kier molecular flexibility index (Phi) is 5.33. The Morgan fingerprint density at radius 2 is 1.93 bits per heavy atom. The van der Waals surface area contributed by atoms with Crippen molar-refractivity contribution in [1.29, 1.82) is 0 Å². The van der Waals surface area contributed by atoms with Gasteiger partial charge in [0.25, 0.3) is 0 Å². The van der Waals surface area contributed by atoms with Crippen molar-refractivity contribution in [2.75, 3.05) is 16.8 Å². The van der Waals surface area contributed by atoms with Crippen LogP contribution >= 0.6 is 0 Å². The van der Waals surface area contributed by atoms with E-state index in [4.69, 9.17) is 0 Å². The van der Waals surface area contributed by atoms with Crippen molar-refractivity contribution in [2.45, 2.75) is 51.1 Å². The second-order valence-corrected chi connectivity index (χ2v) is 7.66. The number of carbonyl (C=O) groups excluding carboxylic acids is 2. The van der Waals surface area contributed by atoms with Gasteiger partial charge in [0.2, 0.25) is 11.8 Å². The number of nitrogens with one attached hydrogen (secondary N) is 2. The third-order valence-electron chi connectivity index (χ3n) is 5.36. The molecule has 0 spiro atoms. The van der Waals surface area contributed by atoms with Crippen LogP contribution in [-0.4, -0.2) is 24.4 Å². The van der Waals surface area contributed by atoms with Gasteiger partial charge in [0.15, 0.2) is 0 Å². The topological polar surface area (TPSA) is 61.4 Å². The highest BCUT2D eigenvalue weighted by Crippen LogP contribution is 2.32. The number of hydrogen-bond donors (Lipinski definition) is 2. The zero-order valence-electron chi connectivity index (χ0n) is 16.3. The lowest BCUT2D eigenvalue weighted by Crippen LogP contribution is -2.36. The number of rotatable bonds is 7. The number of amides is 2. The Hall–Kier alpha value is -2.82. The van der Waals surface area contributed by atoms with E-state index in [1.165, 1.54) is 0 Å². The summed E-state index contributed by atoms with van der Waals surface area (Å²) in [5, 5.41) is 6.53. The Bertz CT molecular complexity index is 861. The van der Waals surface area contributed by atoms with Gasteiger partial charge in [-0.1, -0.05) is 37.3 Å². The van der Waals surface area contributed by atoms with E-state index in [2.05, 4.69) is 23.6 Å². The minimum absolute atomic E-state index is 0.00853. The molecule has 28 heavy (non-hydrogen) atoms. The van der Waals surface area contributed by atoms with Crippen molar-refractivity contribution in [2.24, 2.45) is 0 Å². The van der Waals surface area contributed by atoms with Gasteiger partial charge in [-0.3, -0.25) is 9.59 Å². The molecule has 0 radical (unpaired) electrons. The second kappa shape index (κ2) is 8.05. The van der Waals surface area contributed by atoms with Gasteiger partial charge in [-0.25, -0.2) is 0 Å². The molecule has 1 atom stereocenters. The fourth-order valence-electron chi connectivity index (χ4n) is 3.74. The van der Waals surface area contributed by atoms with Gasteiger partial charge < -0.3 is 15.5 Å². The molecule has 1 saturated carbocycles. The molecule has 5 heteroatoms. The molecule has 2 aromatic rings. The molecule has 0 aromatic heterocycles. The van der Waals surface area contributed by atoms with Crippen LogP contribution in [0.3, 0.4) is 0 Å². The lowest BCUT2D eigenvalue weighted by atomic mass is 9.99. The summed E-state index contributed by atoms with van der Waals surface area (Å²) in [6, 6.07) is 15.8. The predicted octanol–water partition coefficient (Wildman–Crippen LogP) is 3.81. The fraction of sp³-hybridized carbons (Fsp3) is 0.391. The summed E-state index contributed by atoms with van der Waals surface area (Å²) >= 11 is 0. The number of nitrogens with zero attached hydrogens (tertiary/aromatic N) is 1. The summed E-state index contributed by atoms with van der Waals surface area (Å²) in [6.07, 6.45) is 4.35. The summed E-state index contributed by atoms with van der Waals surface area (Å²) in [6.45, 7) is 2.83. The smallest absolute Gasteiger partial charge is 0.247 e. The molecule has 1 aliphatic carbocycles. The van der Waals surface area contributed by atoms with Gasteiger partial charge in [-0.05, 0) is 55.0 Å². The third-order valence-corrected chi connectivity index (χ3v) is 5.36. The van der Waals surface area contributed by atoms with Gasteiger partial charge >= 0.3 is 0 Å². The van der Waals surface area contributed by atoms with E-state index < -0.39 is 6.04 Å². The van der Waals surface area contributed by atoms with Crippen LogP contribution in [-0.2, 0) is 16.0 Å². The van der Waals surface area contributed by atoms with E-state index >= 15 is 0 Å². The second-order valence-electron chi connectivity index (χ2n) is 7.66. The monoisotopic (exact) mass is 377 g/mol. The molecular weight excluding hydrogens is 350 g/mol. The maximum Gasteiger partial charge on any atom is 0.247 e. The summed E-state index contributed by atoms with van der Waals surface area (Å²) in [5.74, 6) is 0.204. The van der Waals surface area contributed by atoms with E-state index in [-0.39, 0.29) is 11.8 Å². The number of hydrogen-bond acceptors (Lipinski definition) is 3. The summed E-state index contributed by atoms with van der Waals surface area (Å²) in [5.41, 5.74) is 4.01. The van der Waals surface area contributed by atoms with E-state index in [1.807, 2.05) is 47.4 Å². The first-order chi connectivity index (χ1) is 13.7. The van der Waals surface area contributed by atoms with E-state index in [0.717, 1.165) is 54.7 Å². The van der Waals surface area contributed by atoms with E-state index in [0.29, 0.717) is 12.5 Å². The first-order valence-electron chi connectivity index (χ1n) is 10.2. The van der Waals surface area contributed by atoms with Crippen molar-refractivity contribution >= 4 is 23.2 Å². The van der Waals surface area contributed by atoms with Crippen LogP contribution in [0.5, 0.6) is 0 Å². The number of fused-ring (bicyclic) bond motifs is 1. The van der Waals surface area contributed by atoms with Crippen LogP contribution in [0.2, 0.25) is 0 Å². The molecule has 0 bridgehead atoms. The van der Waals surface area contributed by atoms with Crippen LogP contribution in [0, 0.1) is 0 Å². The number of anilines is 2. The van der Waals surface area contributed by atoms with E-state index in [9.17, 15) is 9.59 Å². The lowest BCUT2D eigenvalue weighted by Gasteiger charge is -2.30. The van der Waals surface area contributed by atoms with Gasteiger partial charge in [0, 0.05) is 30.4 Å². The number of carbonyl (C=O) groups is 2. The molecule has 1 fully saturated rings. The van der Waals surface area contributed by atoms with E-state index in [1.54, 1.807) is 0 Å². The molecule has 146 valence electrons. The molecule has 0 saturated heterocycles. The summed E-state index contributed by atoms with van der Waals surface area (Å²) in [7, 11) is 0. The van der Waals surface area contributed by atoms with Crippen molar-refractivity contribution in [1.82, 2.24) is 5.32 Å². The highest BCUT2D eigenvalue weighted by Gasteiger charge is 2.29. The maximum atomic E-state index is 12.8. The molecule has 4 rings (SSSR count). The van der Waals surface area contributed by atoms with Gasteiger partial charge in [0.1, 0.15) is 6.04 Å². The quantitative estimate of drug-likeness (QED) is 0.771. The Morgan fingerprint density at radius 3 is 2.64 bits per heavy atom. The fourth-order valence-corrected chi connectivity index (χ4v) is 3.74. The maximum absolute atomic E-state index is 12.8. The Balaban J connectivity index is 1.58. The third kappa shape index (κ3) is 4.03. The zero-order chi connectivity index (χ0) is 19.5. The SMILES string of the molecule is CCCN1C(=O)CCc2cc(NC(C(=O)NC3CC3)c3ccccc3)ccc21. The number of aryl methyl sites for hydroxylation is 1. The van der Waals surface area contributed by atoms with Gasteiger partial charge in [0.05, 0.1) is 0 Å². The Labute approximate surface area is 166 Å². The molecule has 2 aromatic carbocycles. The summed E-state index contributed by atoms with van der Waals surface area (Å²) in [4.78, 5) is 27.0. The molecule has 1 unspecified atom stereocenters. The minimum Gasteiger partial charge on any atom is -0.370 e. The Morgan fingerprint density at radius 1 is 1.14 bits per heavy atom. The van der Waals surface area contributed by atoms with Crippen LogP contribution in [0.25, 0.3) is 0 Å². The molecule has 2 aliphatic rings. The van der Waals surface area contributed by atoms with Crippen LogP contribution < -0.4 is 15.5 Å². The molecule has 1 heterocycles. The molecular formula is C23H27N3O2. The molecule has 1 aliphatic heterocycles. The largest absolute Gasteiger partial charge is 0.370 e. The standard InChI is InChI=1S/C23H27N3O2/c1-2-14-26-20-12-11-19(15-17(20)8-13-21(26)27)24-22(16-6-4-3-5-7-16)23(28)25-18-9-10-18/h3-7,11-12,15,18,22,24H,2,8-10,13-14H2,1H3,(H,25,28).